The average molecular weight is 484 g/mol. The quantitative estimate of drug-likeness (QED) is 0.224. The van der Waals surface area contributed by atoms with E-state index in [0.29, 0.717) is 11.5 Å². The van der Waals surface area contributed by atoms with Crippen LogP contribution in [0.3, 0.4) is 0 Å². The number of esters is 1. The van der Waals surface area contributed by atoms with E-state index < -0.39 is 0 Å². The third-order valence-corrected chi connectivity index (χ3v) is 7.32. The molecule has 0 aliphatic carbocycles. The Morgan fingerprint density at radius 3 is 2.60 bits per heavy atom. The van der Waals surface area contributed by atoms with Gasteiger partial charge in [0.05, 0.1) is 12.7 Å². The number of aryl methyl sites for hydroxylation is 1. The molecule has 0 N–H and O–H groups in total. The predicted octanol–water partition coefficient (Wildman–Crippen LogP) is 5.66. The van der Waals surface area contributed by atoms with E-state index in [2.05, 4.69) is 54.8 Å². The molecule has 1 fully saturated rings. The second-order valence-corrected chi connectivity index (χ2v) is 10.2. The number of anilines is 1. The number of likely N-dealkylation sites (tertiary alicyclic amines) is 1. The van der Waals surface area contributed by atoms with Crippen LogP contribution in [0.4, 0.5) is 5.69 Å². The van der Waals surface area contributed by atoms with E-state index in [0.717, 1.165) is 63.6 Å². The van der Waals surface area contributed by atoms with E-state index in [1.54, 1.807) is 0 Å². The lowest BCUT2D eigenvalue weighted by Gasteiger charge is -2.33. The highest BCUT2D eigenvalue weighted by Crippen LogP contribution is 2.26. The fourth-order valence-corrected chi connectivity index (χ4v) is 4.87. The molecule has 5 nitrogen and oxygen atoms in total. The second kappa shape index (κ2) is 15.8. The SMILES string of the molecule is C=CCN(CCC1CCN(C)CC1)CCN(CC(C)C=C)c1cc(C(=O)OC)ccc1CCCC. The van der Waals surface area contributed by atoms with Crippen molar-refractivity contribution in [3.8, 4) is 0 Å². The van der Waals surface area contributed by atoms with Crippen LogP contribution in [0.2, 0.25) is 0 Å². The lowest BCUT2D eigenvalue weighted by molar-refractivity contribution is 0.0600. The molecule has 196 valence electrons. The number of ether oxygens (including phenoxy) is 1. The Bertz CT molecular complexity index is 786. The Hall–Kier alpha value is -2.11. The fourth-order valence-electron chi connectivity index (χ4n) is 4.87. The molecule has 0 radical (unpaired) electrons. The van der Waals surface area contributed by atoms with Gasteiger partial charge in [0, 0.05) is 31.9 Å². The van der Waals surface area contributed by atoms with Crippen LogP contribution in [-0.2, 0) is 11.2 Å². The Morgan fingerprint density at radius 2 is 1.97 bits per heavy atom. The molecule has 0 saturated carbocycles. The first-order chi connectivity index (χ1) is 16.9. The van der Waals surface area contributed by atoms with Gasteiger partial charge in [0.2, 0.25) is 0 Å². The maximum atomic E-state index is 12.3. The molecule has 0 aromatic heterocycles. The van der Waals surface area contributed by atoms with E-state index >= 15 is 0 Å². The molecule has 1 aromatic rings. The van der Waals surface area contributed by atoms with Gasteiger partial charge in [0.15, 0.2) is 0 Å². The van der Waals surface area contributed by atoms with Gasteiger partial charge in [-0.15, -0.1) is 13.2 Å². The summed E-state index contributed by atoms with van der Waals surface area (Å²) >= 11 is 0. The van der Waals surface area contributed by atoms with Crippen LogP contribution in [0, 0.1) is 11.8 Å². The van der Waals surface area contributed by atoms with Gasteiger partial charge in [-0.1, -0.05) is 38.5 Å². The molecule has 0 spiro atoms. The molecule has 0 amide bonds. The van der Waals surface area contributed by atoms with E-state index in [4.69, 9.17) is 4.74 Å². The summed E-state index contributed by atoms with van der Waals surface area (Å²) in [4.78, 5) is 19.7. The minimum absolute atomic E-state index is 0.281. The van der Waals surface area contributed by atoms with Crippen molar-refractivity contribution in [1.29, 1.82) is 0 Å². The monoisotopic (exact) mass is 483 g/mol. The largest absolute Gasteiger partial charge is 0.465 e. The number of nitrogens with zero attached hydrogens (tertiary/aromatic N) is 3. The summed E-state index contributed by atoms with van der Waals surface area (Å²) in [5.74, 6) is 0.895. The van der Waals surface area contributed by atoms with Crippen LogP contribution in [0.1, 0.15) is 61.9 Å². The summed E-state index contributed by atoms with van der Waals surface area (Å²) < 4.78 is 5.02. The van der Waals surface area contributed by atoms with Gasteiger partial charge in [0.25, 0.3) is 0 Å². The maximum absolute atomic E-state index is 12.3. The van der Waals surface area contributed by atoms with Crippen LogP contribution < -0.4 is 4.90 Å². The van der Waals surface area contributed by atoms with Crippen LogP contribution in [0.15, 0.2) is 43.5 Å². The van der Waals surface area contributed by atoms with Gasteiger partial charge < -0.3 is 14.5 Å². The smallest absolute Gasteiger partial charge is 0.337 e. The van der Waals surface area contributed by atoms with Gasteiger partial charge in [-0.25, -0.2) is 4.79 Å². The standard InChI is InChI=1S/C30H49N3O2/c1-7-10-11-27-12-13-28(30(34)35-6)23-29(27)33(24-25(4)9-3)22-21-32(17-8-2)20-16-26-14-18-31(5)19-15-26/h8-9,12-13,23,25-26H,2-3,7,10-11,14-22,24H2,1,4-6H3. The van der Waals surface area contributed by atoms with Gasteiger partial charge in [-0.2, -0.15) is 0 Å². The number of hydrogen-bond donors (Lipinski definition) is 0. The van der Waals surface area contributed by atoms with E-state index in [1.807, 2.05) is 24.3 Å². The van der Waals surface area contributed by atoms with Crippen LogP contribution in [0.5, 0.6) is 0 Å². The number of methoxy groups -OCH3 is 1. The normalized spacial score (nSPS) is 15.7. The summed E-state index contributed by atoms with van der Waals surface area (Å²) in [6, 6.07) is 6.05. The summed E-state index contributed by atoms with van der Waals surface area (Å²) in [5, 5.41) is 0. The summed E-state index contributed by atoms with van der Waals surface area (Å²) in [6.07, 6.45) is 11.2. The van der Waals surface area contributed by atoms with Crippen molar-refractivity contribution < 1.29 is 9.53 Å². The molecule has 2 rings (SSSR count). The highest BCUT2D eigenvalue weighted by molar-refractivity contribution is 5.90. The topological polar surface area (TPSA) is 36.0 Å². The van der Waals surface area contributed by atoms with Gasteiger partial charge in [-0.05, 0) is 88.3 Å². The first-order valence-corrected chi connectivity index (χ1v) is 13.5. The van der Waals surface area contributed by atoms with Crippen molar-refractivity contribution in [2.75, 3.05) is 64.9 Å². The molecule has 1 aliphatic heterocycles. The van der Waals surface area contributed by atoms with E-state index in [9.17, 15) is 4.79 Å². The summed E-state index contributed by atoms with van der Waals surface area (Å²) in [7, 11) is 3.67. The number of unbranched alkanes of at least 4 members (excludes halogenated alkanes) is 1. The molecular weight excluding hydrogens is 434 g/mol. The highest BCUT2D eigenvalue weighted by Gasteiger charge is 2.20. The zero-order chi connectivity index (χ0) is 25.6. The molecule has 5 heteroatoms. The summed E-state index contributed by atoms with van der Waals surface area (Å²) in [6.45, 7) is 19.7. The zero-order valence-corrected chi connectivity index (χ0v) is 22.8. The Labute approximate surface area is 214 Å². The lowest BCUT2D eigenvalue weighted by atomic mass is 9.93. The third kappa shape index (κ3) is 9.81. The molecule has 1 aromatic carbocycles. The fraction of sp³-hybridized carbons (Fsp3) is 0.633. The molecule has 1 heterocycles. The van der Waals surface area contributed by atoms with Crippen molar-refractivity contribution >= 4 is 11.7 Å². The van der Waals surface area contributed by atoms with Crippen molar-refractivity contribution in [2.24, 2.45) is 11.8 Å². The maximum Gasteiger partial charge on any atom is 0.337 e. The van der Waals surface area contributed by atoms with Crippen molar-refractivity contribution in [3.05, 3.63) is 54.6 Å². The molecule has 0 bridgehead atoms. The number of benzene rings is 1. The van der Waals surface area contributed by atoms with Crippen LogP contribution in [0.25, 0.3) is 0 Å². The number of rotatable bonds is 16. The highest BCUT2D eigenvalue weighted by atomic mass is 16.5. The van der Waals surface area contributed by atoms with Crippen molar-refractivity contribution in [2.45, 2.75) is 52.4 Å². The van der Waals surface area contributed by atoms with Gasteiger partial charge in [0.1, 0.15) is 0 Å². The molecule has 1 aliphatic rings. The molecule has 35 heavy (non-hydrogen) atoms. The molecular formula is C30H49N3O2. The number of carbonyl (C=O) groups excluding carboxylic acids is 1. The van der Waals surface area contributed by atoms with E-state index in [-0.39, 0.29) is 5.97 Å². The van der Waals surface area contributed by atoms with Crippen LogP contribution in [-0.4, -0.2) is 75.7 Å². The molecule has 1 unspecified atom stereocenters. The first-order valence-electron chi connectivity index (χ1n) is 13.5. The minimum Gasteiger partial charge on any atom is -0.465 e. The van der Waals surface area contributed by atoms with E-state index in [1.165, 1.54) is 45.0 Å². The van der Waals surface area contributed by atoms with Gasteiger partial charge >= 0.3 is 5.97 Å². The van der Waals surface area contributed by atoms with Gasteiger partial charge in [-0.3, -0.25) is 4.90 Å². The third-order valence-electron chi connectivity index (χ3n) is 7.32. The lowest BCUT2D eigenvalue weighted by Crippen LogP contribution is -2.39. The average Bonchev–Trinajstić information content (AvgIpc) is 2.88. The minimum atomic E-state index is -0.281. The molecule has 1 atom stereocenters. The Kier molecular flexibility index (Phi) is 13.1. The first kappa shape index (κ1) is 29.1. The number of piperidine rings is 1. The number of hydrogen-bond acceptors (Lipinski definition) is 5. The van der Waals surface area contributed by atoms with Crippen molar-refractivity contribution in [1.82, 2.24) is 9.80 Å². The van der Waals surface area contributed by atoms with Crippen LogP contribution >= 0.6 is 0 Å². The Morgan fingerprint density at radius 1 is 1.23 bits per heavy atom. The molecule has 1 saturated heterocycles. The zero-order valence-electron chi connectivity index (χ0n) is 22.8. The Balaban J connectivity index is 2.18. The summed E-state index contributed by atoms with van der Waals surface area (Å²) in [5.41, 5.74) is 3.07. The number of carbonyl (C=O) groups is 1. The second-order valence-electron chi connectivity index (χ2n) is 10.2. The van der Waals surface area contributed by atoms with Crippen molar-refractivity contribution in [3.63, 3.8) is 0 Å². The predicted molar refractivity (Wildman–Crippen MR) is 149 cm³/mol.